The van der Waals surface area contributed by atoms with Gasteiger partial charge in [-0.3, -0.25) is 14.6 Å². The summed E-state index contributed by atoms with van der Waals surface area (Å²) in [7, 11) is -3.15. The van der Waals surface area contributed by atoms with Crippen molar-refractivity contribution in [2.75, 3.05) is 16.8 Å². The van der Waals surface area contributed by atoms with Crippen molar-refractivity contribution in [2.24, 2.45) is 5.10 Å². The molecule has 4 rings (SSSR count). The number of nitrogens with one attached hydrogen (secondary N) is 1. The van der Waals surface area contributed by atoms with E-state index in [0.717, 1.165) is 10.9 Å². The van der Waals surface area contributed by atoms with Gasteiger partial charge in [-0.2, -0.15) is 5.10 Å². The van der Waals surface area contributed by atoms with Crippen LogP contribution in [0.3, 0.4) is 0 Å². The number of carbonyl (C=O) groups is 2. The van der Waals surface area contributed by atoms with Crippen LogP contribution in [0.5, 0.6) is 0 Å². The first kappa shape index (κ1) is 17.6. The Morgan fingerprint density at radius 3 is 2.81 bits per heavy atom. The molecule has 0 saturated carbocycles. The Bertz CT molecular complexity index is 1060. The molecule has 2 aliphatic rings. The maximum absolute atomic E-state index is 12.7. The van der Waals surface area contributed by atoms with Crippen molar-refractivity contribution in [3.05, 3.63) is 36.5 Å². The van der Waals surface area contributed by atoms with Crippen molar-refractivity contribution in [3.63, 3.8) is 0 Å². The Balaban J connectivity index is 1.57. The summed E-state index contributed by atoms with van der Waals surface area (Å²) >= 11 is 0. The number of fused-ring (bicyclic) bond motifs is 1. The zero-order valence-corrected chi connectivity index (χ0v) is 15.3. The monoisotopic (exact) mass is 386 g/mol. The first-order valence-corrected chi connectivity index (χ1v) is 10.5. The molecule has 27 heavy (non-hydrogen) atoms. The van der Waals surface area contributed by atoms with Crippen LogP contribution >= 0.6 is 0 Å². The third-order valence-corrected chi connectivity index (χ3v) is 6.52. The molecule has 2 aliphatic heterocycles. The van der Waals surface area contributed by atoms with Gasteiger partial charge in [0, 0.05) is 24.4 Å². The van der Waals surface area contributed by atoms with E-state index in [9.17, 15) is 18.0 Å². The summed E-state index contributed by atoms with van der Waals surface area (Å²) in [5.74, 6) is -0.708. The predicted molar refractivity (Wildman–Crippen MR) is 101 cm³/mol. The second kappa shape index (κ2) is 6.73. The van der Waals surface area contributed by atoms with E-state index in [1.807, 2.05) is 12.1 Å². The number of anilines is 1. The zero-order valence-electron chi connectivity index (χ0n) is 14.5. The second-order valence-electron chi connectivity index (χ2n) is 6.67. The topological polar surface area (TPSA) is 109 Å². The molecule has 2 amide bonds. The largest absolute Gasteiger partial charge is 0.320 e. The minimum atomic E-state index is -3.15. The fourth-order valence-corrected chi connectivity index (χ4v) is 5.09. The Morgan fingerprint density at radius 2 is 2.04 bits per heavy atom. The summed E-state index contributed by atoms with van der Waals surface area (Å²) < 4.78 is 23.4. The molecule has 1 N–H and O–H groups in total. The number of rotatable bonds is 3. The third-order valence-electron chi connectivity index (χ3n) is 4.77. The number of benzene rings is 1. The molecule has 0 bridgehead atoms. The molecule has 3 heterocycles. The normalized spacial score (nSPS) is 21.9. The highest BCUT2D eigenvalue weighted by Crippen LogP contribution is 2.24. The third kappa shape index (κ3) is 3.55. The van der Waals surface area contributed by atoms with Crippen LogP contribution in [-0.4, -0.2) is 53.5 Å². The van der Waals surface area contributed by atoms with Gasteiger partial charge in [0.2, 0.25) is 5.91 Å². The van der Waals surface area contributed by atoms with Crippen LogP contribution in [0.4, 0.5) is 5.69 Å². The van der Waals surface area contributed by atoms with E-state index in [1.165, 1.54) is 5.01 Å². The van der Waals surface area contributed by atoms with Crippen LogP contribution in [0.15, 0.2) is 41.6 Å². The SMILES string of the molecule is O=C(Nc1cccc2ncccc12)C1=NN([C@H]2CCS(=O)(=O)C2)C(=O)CC1. The van der Waals surface area contributed by atoms with E-state index in [2.05, 4.69) is 15.4 Å². The highest BCUT2D eigenvalue weighted by molar-refractivity contribution is 7.91. The Kier molecular flexibility index (Phi) is 4.39. The van der Waals surface area contributed by atoms with Crippen molar-refractivity contribution < 1.29 is 18.0 Å². The zero-order chi connectivity index (χ0) is 19.0. The van der Waals surface area contributed by atoms with Crippen molar-refractivity contribution in [2.45, 2.75) is 25.3 Å². The minimum absolute atomic E-state index is 0.0432. The number of hydrazone groups is 1. The molecule has 1 aromatic carbocycles. The van der Waals surface area contributed by atoms with Gasteiger partial charge in [-0.1, -0.05) is 6.07 Å². The molecule has 0 radical (unpaired) electrons. The van der Waals surface area contributed by atoms with E-state index in [1.54, 1.807) is 24.4 Å². The lowest BCUT2D eigenvalue weighted by Gasteiger charge is -2.27. The van der Waals surface area contributed by atoms with Crippen LogP contribution in [0.1, 0.15) is 19.3 Å². The molecular weight excluding hydrogens is 368 g/mol. The summed E-state index contributed by atoms with van der Waals surface area (Å²) in [4.78, 5) is 29.1. The number of aromatic nitrogens is 1. The quantitative estimate of drug-likeness (QED) is 0.856. The maximum atomic E-state index is 12.7. The van der Waals surface area contributed by atoms with Crippen LogP contribution < -0.4 is 5.32 Å². The van der Waals surface area contributed by atoms with Gasteiger partial charge in [0.25, 0.3) is 5.91 Å². The molecule has 1 fully saturated rings. The molecular formula is C18H18N4O4S. The van der Waals surface area contributed by atoms with Crippen LogP contribution in [0.2, 0.25) is 0 Å². The molecule has 9 heteroatoms. The predicted octanol–water partition coefficient (Wildman–Crippen LogP) is 1.34. The first-order chi connectivity index (χ1) is 12.9. The van der Waals surface area contributed by atoms with Gasteiger partial charge < -0.3 is 5.32 Å². The van der Waals surface area contributed by atoms with E-state index in [4.69, 9.17) is 0 Å². The van der Waals surface area contributed by atoms with Gasteiger partial charge in [0.15, 0.2) is 9.84 Å². The van der Waals surface area contributed by atoms with Crippen molar-refractivity contribution in [1.29, 1.82) is 0 Å². The molecule has 1 atom stereocenters. The Labute approximate surface area is 156 Å². The van der Waals surface area contributed by atoms with Gasteiger partial charge in [0.1, 0.15) is 5.71 Å². The number of carbonyl (C=O) groups excluding carboxylic acids is 2. The highest BCUT2D eigenvalue weighted by Gasteiger charge is 2.37. The van der Waals surface area contributed by atoms with Gasteiger partial charge >= 0.3 is 0 Å². The van der Waals surface area contributed by atoms with E-state index < -0.39 is 21.8 Å². The standard InChI is InChI=1S/C18H18N4O4S/c23-17-7-6-16(21-22(17)12-8-10-27(25,26)11-12)18(24)20-15-5-1-4-14-13(15)3-2-9-19-14/h1-5,9,12H,6-8,10-11H2,(H,20,24)/t12-/m0/s1. The van der Waals surface area contributed by atoms with Crippen molar-refractivity contribution in [1.82, 2.24) is 9.99 Å². The van der Waals surface area contributed by atoms with Crippen LogP contribution in [0.25, 0.3) is 10.9 Å². The number of nitrogens with zero attached hydrogens (tertiary/aromatic N) is 3. The summed E-state index contributed by atoms with van der Waals surface area (Å²) in [5, 5.41) is 9.02. The Morgan fingerprint density at radius 1 is 1.19 bits per heavy atom. The highest BCUT2D eigenvalue weighted by atomic mass is 32.2. The Hall–Kier alpha value is -2.81. The van der Waals surface area contributed by atoms with Gasteiger partial charge in [-0.25, -0.2) is 13.4 Å². The minimum Gasteiger partial charge on any atom is -0.320 e. The smallest absolute Gasteiger partial charge is 0.271 e. The molecule has 0 spiro atoms. The summed E-state index contributed by atoms with van der Waals surface area (Å²) in [6, 6.07) is 8.58. The summed E-state index contributed by atoms with van der Waals surface area (Å²) in [6.07, 6.45) is 2.39. The van der Waals surface area contributed by atoms with E-state index in [0.29, 0.717) is 12.1 Å². The molecule has 0 unspecified atom stereocenters. The van der Waals surface area contributed by atoms with E-state index >= 15 is 0 Å². The lowest BCUT2D eigenvalue weighted by Crippen LogP contribution is -2.42. The number of sulfone groups is 1. The number of pyridine rings is 1. The lowest BCUT2D eigenvalue weighted by atomic mass is 10.1. The molecule has 1 aromatic heterocycles. The number of hydrogen-bond acceptors (Lipinski definition) is 6. The van der Waals surface area contributed by atoms with Crippen LogP contribution in [-0.2, 0) is 19.4 Å². The van der Waals surface area contributed by atoms with Gasteiger partial charge in [0.05, 0.1) is 28.8 Å². The van der Waals surface area contributed by atoms with Gasteiger partial charge in [-0.15, -0.1) is 0 Å². The van der Waals surface area contributed by atoms with Crippen molar-refractivity contribution in [3.8, 4) is 0 Å². The number of amides is 2. The lowest BCUT2D eigenvalue weighted by molar-refractivity contribution is -0.133. The fourth-order valence-electron chi connectivity index (χ4n) is 3.40. The average Bonchev–Trinajstić information content (AvgIpc) is 3.02. The molecule has 140 valence electrons. The summed E-state index contributed by atoms with van der Waals surface area (Å²) in [5.41, 5.74) is 1.59. The first-order valence-electron chi connectivity index (χ1n) is 8.68. The maximum Gasteiger partial charge on any atom is 0.271 e. The average molecular weight is 386 g/mol. The number of hydrogen-bond donors (Lipinski definition) is 1. The van der Waals surface area contributed by atoms with Crippen molar-refractivity contribution >= 4 is 44.0 Å². The molecule has 1 saturated heterocycles. The van der Waals surface area contributed by atoms with E-state index in [-0.39, 0.29) is 36.0 Å². The molecule has 2 aromatic rings. The molecule has 8 nitrogen and oxygen atoms in total. The fraction of sp³-hybridized carbons (Fsp3) is 0.333. The van der Waals surface area contributed by atoms with Crippen LogP contribution in [0, 0.1) is 0 Å². The molecule has 0 aliphatic carbocycles. The second-order valence-corrected chi connectivity index (χ2v) is 8.90. The van der Waals surface area contributed by atoms with Gasteiger partial charge in [-0.05, 0) is 30.7 Å². The summed E-state index contributed by atoms with van der Waals surface area (Å²) in [6.45, 7) is 0.